The van der Waals surface area contributed by atoms with Gasteiger partial charge >= 0.3 is 0 Å². The van der Waals surface area contributed by atoms with Crippen LogP contribution in [0.3, 0.4) is 0 Å². The van der Waals surface area contributed by atoms with E-state index in [0.717, 1.165) is 5.56 Å². The van der Waals surface area contributed by atoms with E-state index in [-0.39, 0.29) is 11.3 Å². The average molecular weight is 325 g/mol. The molecule has 0 atom stereocenters. The molecule has 3 rings (SSSR count). The number of aromatic hydroxyl groups is 1. The van der Waals surface area contributed by atoms with Crippen molar-refractivity contribution in [3.63, 3.8) is 0 Å². The Hall–Kier alpha value is -3.13. The number of carbonyl (C=O) groups excluding carboxylic acids is 1. The summed E-state index contributed by atoms with van der Waals surface area (Å²) in [5.41, 5.74) is 2.16. The highest BCUT2D eigenvalue weighted by atomic mass is 32.1. The molecule has 23 heavy (non-hydrogen) atoms. The lowest BCUT2D eigenvalue weighted by atomic mass is 10.2. The molecule has 0 amide bonds. The van der Waals surface area contributed by atoms with Gasteiger partial charge in [-0.2, -0.15) is 15.2 Å². The molecule has 0 spiro atoms. The lowest BCUT2D eigenvalue weighted by Crippen LogP contribution is -1.80. The normalized spacial score (nSPS) is 11.0. The predicted octanol–water partition coefficient (Wildman–Crippen LogP) is 4.07. The Kier molecular flexibility index (Phi) is 4.07. The predicted molar refractivity (Wildman–Crippen MR) is 86.9 cm³/mol. The molecule has 0 saturated heterocycles. The lowest BCUT2D eigenvalue weighted by Gasteiger charge is -1.99. The van der Waals surface area contributed by atoms with Crippen molar-refractivity contribution in [1.29, 1.82) is 0 Å². The van der Waals surface area contributed by atoms with Crippen LogP contribution in [0.2, 0.25) is 0 Å². The van der Waals surface area contributed by atoms with E-state index in [1.54, 1.807) is 18.2 Å². The fourth-order valence-corrected chi connectivity index (χ4v) is 2.05. The van der Waals surface area contributed by atoms with Gasteiger partial charge < -0.3 is 5.11 Å². The summed E-state index contributed by atoms with van der Waals surface area (Å²) in [6, 6.07) is 11.7. The van der Waals surface area contributed by atoms with Crippen molar-refractivity contribution in [2.45, 2.75) is 0 Å². The Bertz CT molecular complexity index is 928. The molecule has 1 heterocycles. The van der Waals surface area contributed by atoms with Crippen molar-refractivity contribution in [2.24, 2.45) is 10.2 Å². The monoisotopic (exact) mass is 325 g/mol. The molecule has 1 aromatic heterocycles. The zero-order valence-corrected chi connectivity index (χ0v) is 12.5. The number of rotatable bonds is 4. The lowest BCUT2D eigenvalue weighted by molar-refractivity contribution is 0.112. The number of hydrogen-bond acceptors (Lipinski definition) is 6. The topological polar surface area (TPSA) is 106 Å². The van der Waals surface area contributed by atoms with Crippen LogP contribution in [0.15, 0.2) is 52.7 Å². The van der Waals surface area contributed by atoms with Gasteiger partial charge in [0.1, 0.15) is 5.75 Å². The molecule has 0 aliphatic heterocycles. The van der Waals surface area contributed by atoms with Crippen LogP contribution < -0.4 is 0 Å². The first-order valence-electron chi connectivity index (χ1n) is 6.61. The van der Waals surface area contributed by atoms with Crippen molar-refractivity contribution >= 4 is 29.9 Å². The molecule has 0 aliphatic rings. The van der Waals surface area contributed by atoms with Crippen LogP contribution >= 0.6 is 12.2 Å². The van der Waals surface area contributed by atoms with E-state index in [2.05, 4.69) is 25.4 Å². The van der Waals surface area contributed by atoms with Gasteiger partial charge in [-0.15, -0.1) is 0 Å². The molecule has 8 heteroatoms. The Morgan fingerprint density at radius 1 is 1.04 bits per heavy atom. The maximum Gasteiger partial charge on any atom is 0.213 e. The van der Waals surface area contributed by atoms with Crippen molar-refractivity contribution in [3.8, 4) is 17.1 Å². The van der Waals surface area contributed by atoms with E-state index >= 15 is 0 Å². The summed E-state index contributed by atoms with van der Waals surface area (Å²) in [6.07, 6.45) is 0.566. The summed E-state index contributed by atoms with van der Waals surface area (Å²) in [7, 11) is 0. The third-order valence-electron chi connectivity index (χ3n) is 3.06. The first-order chi connectivity index (χ1) is 11.2. The second-order valence-corrected chi connectivity index (χ2v) is 5.01. The molecule has 114 valence electrons. The van der Waals surface area contributed by atoms with Crippen LogP contribution in [-0.2, 0) is 0 Å². The van der Waals surface area contributed by atoms with Gasteiger partial charge in [-0.25, -0.2) is 0 Å². The second kappa shape index (κ2) is 6.32. The van der Waals surface area contributed by atoms with Crippen LogP contribution in [0, 0.1) is 4.77 Å². The minimum absolute atomic E-state index is 0.0836. The number of aldehydes is 1. The van der Waals surface area contributed by atoms with Gasteiger partial charge in [-0.3, -0.25) is 15.0 Å². The quantitative estimate of drug-likeness (QED) is 0.382. The van der Waals surface area contributed by atoms with Crippen LogP contribution in [0.1, 0.15) is 10.4 Å². The first-order valence-corrected chi connectivity index (χ1v) is 7.01. The maximum absolute atomic E-state index is 10.8. The van der Waals surface area contributed by atoms with Gasteiger partial charge in [0, 0.05) is 5.56 Å². The number of H-pyrrole nitrogens is 2. The molecule has 3 N–H and O–H groups in total. The zero-order valence-electron chi connectivity index (χ0n) is 11.7. The Balaban J connectivity index is 1.80. The number of nitrogens with one attached hydrogen (secondary N) is 2. The van der Waals surface area contributed by atoms with Crippen molar-refractivity contribution in [3.05, 3.63) is 52.8 Å². The minimum Gasteiger partial charge on any atom is -0.507 e. The molecule has 0 bridgehead atoms. The van der Waals surface area contributed by atoms with Gasteiger partial charge in [-0.1, -0.05) is 0 Å². The fourth-order valence-electron chi connectivity index (χ4n) is 1.91. The molecule has 0 unspecified atom stereocenters. The van der Waals surface area contributed by atoms with Gasteiger partial charge in [0.15, 0.2) is 12.1 Å². The summed E-state index contributed by atoms with van der Waals surface area (Å²) < 4.78 is 0.391. The van der Waals surface area contributed by atoms with E-state index in [9.17, 15) is 9.90 Å². The van der Waals surface area contributed by atoms with E-state index in [0.29, 0.717) is 28.3 Å². The van der Waals surface area contributed by atoms with Crippen molar-refractivity contribution < 1.29 is 9.90 Å². The van der Waals surface area contributed by atoms with Gasteiger partial charge in [0.25, 0.3) is 0 Å². The summed E-state index contributed by atoms with van der Waals surface area (Å²) in [5.74, 6) is 0.562. The Morgan fingerprint density at radius 3 is 2.39 bits per heavy atom. The molecule has 0 aliphatic carbocycles. The fraction of sp³-hybridized carbons (Fsp3) is 0. The number of phenolic OH excluding ortho intramolecular Hbond substituents is 1. The third-order valence-corrected chi connectivity index (χ3v) is 3.25. The second-order valence-electron chi connectivity index (χ2n) is 4.62. The Morgan fingerprint density at radius 2 is 1.74 bits per heavy atom. The highest BCUT2D eigenvalue weighted by Gasteiger charge is 2.02. The van der Waals surface area contributed by atoms with E-state index in [4.69, 9.17) is 12.2 Å². The van der Waals surface area contributed by atoms with Crippen LogP contribution in [0.4, 0.5) is 11.4 Å². The van der Waals surface area contributed by atoms with Crippen molar-refractivity contribution in [2.75, 3.05) is 0 Å². The number of carbonyl (C=O) groups is 1. The number of hydrogen-bond donors (Lipinski definition) is 3. The van der Waals surface area contributed by atoms with E-state index in [1.807, 2.05) is 12.1 Å². The number of nitrogens with zero attached hydrogens (tertiary/aromatic N) is 3. The number of aromatic nitrogens is 3. The molecule has 7 nitrogen and oxygen atoms in total. The minimum atomic E-state index is -0.0836. The highest BCUT2D eigenvalue weighted by molar-refractivity contribution is 7.71. The van der Waals surface area contributed by atoms with Gasteiger partial charge in [0.2, 0.25) is 4.77 Å². The molecule has 0 fully saturated rings. The molecule has 2 aromatic carbocycles. The summed E-state index contributed by atoms with van der Waals surface area (Å²) in [4.78, 5) is 14.9. The summed E-state index contributed by atoms with van der Waals surface area (Å²) >= 11 is 4.91. The molecule has 3 aromatic rings. The van der Waals surface area contributed by atoms with Crippen molar-refractivity contribution in [1.82, 2.24) is 15.2 Å². The average Bonchev–Trinajstić information content (AvgIpc) is 3.01. The number of benzene rings is 2. The number of phenols is 1. The Labute approximate surface area is 135 Å². The highest BCUT2D eigenvalue weighted by Crippen LogP contribution is 2.25. The number of azo groups is 1. The van der Waals surface area contributed by atoms with E-state index in [1.165, 1.54) is 12.1 Å². The molecule has 0 saturated carbocycles. The van der Waals surface area contributed by atoms with Crippen LogP contribution in [0.25, 0.3) is 11.4 Å². The van der Waals surface area contributed by atoms with Crippen LogP contribution in [0.5, 0.6) is 5.75 Å². The van der Waals surface area contributed by atoms with Gasteiger partial charge in [0.05, 0.1) is 16.9 Å². The third kappa shape index (κ3) is 3.38. The molecular weight excluding hydrogens is 314 g/mol. The molecular formula is C15H11N5O2S. The number of aromatic amines is 2. The molecule has 0 radical (unpaired) electrons. The first kappa shape index (κ1) is 14.8. The van der Waals surface area contributed by atoms with E-state index < -0.39 is 0 Å². The SMILES string of the molecule is O=Cc1cc(N=Nc2ccc(-c3nc(=S)[nH][nH]3)cc2)ccc1O. The van der Waals surface area contributed by atoms with Crippen LogP contribution in [-0.4, -0.2) is 26.6 Å². The van der Waals surface area contributed by atoms with Gasteiger partial charge in [-0.05, 0) is 54.7 Å². The zero-order chi connectivity index (χ0) is 16.2. The summed E-state index contributed by atoms with van der Waals surface area (Å²) in [6.45, 7) is 0. The largest absolute Gasteiger partial charge is 0.507 e. The maximum atomic E-state index is 10.8. The smallest absolute Gasteiger partial charge is 0.213 e. The standard InChI is InChI=1S/C15H11N5O2S/c21-8-10-7-12(5-6-13(10)22)18-17-11-3-1-9(2-4-11)14-16-15(23)20-19-14/h1-8,22H,(H2,16,19,20,23). The summed E-state index contributed by atoms with van der Waals surface area (Å²) in [5, 5.41) is 23.2.